The van der Waals surface area contributed by atoms with Gasteiger partial charge in [-0.3, -0.25) is 0 Å². The molecular formula is C11H14BrN3. The van der Waals surface area contributed by atoms with Crippen molar-refractivity contribution < 1.29 is 0 Å². The van der Waals surface area contributed by atoms with E-state index in [0.29, 0.717) is 5.92 Å². The van der Waals surface area contributed by atoms with Crippen molar-refractivity contribution in [1.29, 1.82) is 0 Å². The largest absolute Gasteiger partial charge is 0.247 e. The van der Waals surface area contributed by atoms with Crippen LogP contribution in [0.1, 0.15) is 19.5 Å². The van der Waals surface area contributed by atoms with Gasteiger partial charge in [0.25, 0.3) is 0 Å². The summed E-state index contributed by atoms with van der Waals surface area (Å²) in [7, 11) is 0. The van der Waals surface area contributed by atoms with Crippen LogP contribution in [0, 0.1) is 12.8 Å². The van der Waals surface area contributed by atoms with E-state index in [1.807, 2.05) is 17.8 Å². The summed E-state index contributed by atoms with van der Waals surface area (Å²) in [4.78, 5) is 4.41. The zero-order valence-corrected chi connectivity index (χ0v) is 10.7. The molecule has 2 rings (SSSR count). The molecule has 2 aromatic heterocycles. The van der Waals surface area contributed by atoms with Crippen LogP contribution in [0.5, 0.6) is 0 Å². The van der Waals surface area contributed by atoms with E-state index in [9.17, 15) is 0 Å². The zero-order chi connectivity index (χ0) is 11.0. The lowest BCUT2D eigenvalue weighted by molar-refractivity contribution is 0.490. The summed E-state index contributed by atoms with van der Waals surface area (Å²) in [6.07, 6.45) is 1.82. The van der Waals surface area contributed by atoms with Crippen LogP contribution in [0.25, 0.3) is 11.0 Å². The number of aryl methyl sites for hydroxylation is 1. The second-order valence-electron chi connectivity index (χ2n) is 4.19. The lowest BCUT2D eigenvalue weighted by Gasteiger charge is -2.05. The molecule has 0 saturated carbocycles. The lowest BCUT2D eigenvalue weighted by Crippen LogP contribution is -2.06. The molecule has 0 radical (unpaired) electrons. The van der Waals surface area contributed by atoms with Crippen LogP contribution in [0.3, 0.4) is 0 Å². The fraction of sp³-hybridized carbons (Fsp3) is 0.455. The number of halogens is 1. The quantitative estimate of drug-likeness (QED) is 0.837. The molecule has 0 saturated heterocycles. The Balaban J connectivity index is 2.57. The first-order valence-electron chi connectivity index (χ1n) is 5.06. The molecular weight excluding hydrogens is 254 g/mol. The van der Waals surface area contributed by atoms with Crippen LogP contribution in [0.15, 0.2) is 16.7 Å². The van der Waals surface area contributed by atoms with Crippen molar-refractivity contribution in [3.05, 3.63) is 22.4 Å². The Kier molecular flexibility index (Phi) is 2.78. The number of hydrogen-bond acceptors (Lipinski definition) is 2. The van der Waals surface area contributed by atoms with Crippen LogP contribution >= 0.6 is 15.9 Å². The summed E-state index contributed by atoms with van der Waals surface area (Å²) in [6.45, 7) is 7.30. The summed E-state index contributed by atoms with van der Waals surface area (Å²) < 4.78 is 2.99. The number of hydrogen-bond donors (Lipinski definition) is 0. The van der Waals surface area contributed by atoms with Gasteiger partial charge < -0.3 is 0 Å². The SMILES string of the molecule is Cc1nn(CC(C)C)c2ncc(Br)cc12. The molecule has 2 heterocycles. The van der Waals surface area contributed by atoms with E-state index in [1.165, 1.54) is 0 Å². The average Bonchev–Trinajstić information content (AvgIpc) is 2.42. The fourth-order valence-corrected chi connectivity index (χ4v) is 1.99. The Morgan fingerprint density at radius 1 is 1.47 bits per heavy atom. The normalized spacial score (nSPS) is 11.5. The van der Waals surface area contributed by atoms with Gasteiger partial charge in [-0.2, -0.15) is 5.10 Å². The molecule has 3 nitrogen and oxygen atoms in total. The Labute approximate surface area is 97.6 Å². The van der Waals surface area contributed by atoms with Crippen LogP contribution in [-0.2, 0) is 6.54 Å². The number of fused-ring (bicyclic) bond motifs is 1. The van der Waals surface area contributed by atoms with E-state index >= 15 is 0 Å². The van der Waals surface area contributed by atoms with Gasteiger partial charge in [-0.15, -0.1) is 0 Å². The van der Waals surface area contributed by atoms with Crippen molar-refractivity contribution in [2.45, 2.75) is 27.3 Å². The topological polar surface area (TPSA) is 30.7 Å². The predicted octanol–water partition coefficient (Wildman–Crippen LogP) is 3.16. The number of nitrogens with zero attached hydrogens (tertiary/aromatic N) is 3. The van der Waals surface area contributed by atoms with Crippen molar-refractivity contribution >= 4 is 27.0 Å². The minimum atomic E-state index is 0.581. The monoisotopic (exact) mass is 267 g/mol. The Hall–Kier alpha value is -0.900. The molecule has 2 aromatic rings. The van der Waals surface area contributed by atoms with Crippen molar-refractivity contribution in [3.8, 4) is 0 Å². The summed E-state index contributed by atoms with van der Waals surface area (Å²) in [5.74, 6) is 0.581. The van der Waals surface area contributed by atoms with Crippen molar-refractivity contribution in [2.24, 2.45) is 5.92 Å². The number of rotatable bonds is 2. The van der Waals surface area contributed by atoms with Crippen LogP contribution in [0.4, 0.5) is 0 Å². The minimum absolute atomic E-state index is 0.581. The van der Waals surface area contributed by atoms with E-state index in [-0.39, 0.29) is 0 Å². The Morgan fingerprint density at radius 3 is 2.87 bits per heavy atom. The first kappa shape index (κ1) is 10.6. The summed E-state index contributed by atoms with van der Waals surface area (Å²) in [5, 5.41) is 5.63. The maximum atomic E-state index is 4.50. The van der Waals surface area contributed by atoms with Gasteiger partial charge in [0.2, 0.25) is 0 Å². The maximum Gasteiger partial charge on any atom is 0.158 e. The first-order valence-corrected chi connectivity index (χ1v) is 5.86. The van der Waals surface area contributed by atoms with Gasteiger partial charge in [0.1, 0.15) is 0 Å². The van der Waals surface area contributed by atoms with Crippen LogP contribution in [0.2, 0.25) is 0 Å². The Bertz CT molecular complexity index is 488. The van der Waals surface area contributed by atoms with Gasteiger partial charge in [-0.05, 0) is 34.8 Å². The highest BCUT2D eigenvalue weighted by Crippen LogP contribution is 2.20. The van der Waals surface area contributed by atoms with Gasteiger partial charge in [0, 0.05) is 22.6 Å². The summed E-state index contributed by atoms with van der Waals surface area (Å²) in [6, 6.07) is 2.07. The van der Waals surface area contributed by atoms with Gasteiger partial charge in [-0.1, -0.05) is 13.8 Å². The van der Waals surface area contributed by atoms with Crippen molar-refractivity contribution in [3.63, 3.8) is 0 Å². The third-order valence-corrected chi connectivity index (χ3v) is 2.71. The highest BCUT2D eigenvalue weighted by atomic mass is 79.9. The van der Waals surface area contributed by atoms with E-state index in [4.69, 9.17) is 0 Å². The summed E-state index contributed by atoms with van der Waals surface area (Å²) >= 11 is 3.43. The molecule has 0 N–H and O–H groups in total. The maximum absolute atomic E-state index is 4.50. The third-order valence-electron chi connectivity index (χ3n) is 2.28. The number of pyridine rings is 1. The molecule has 0 aliphatic heterocycles. The molecule has 0 aliphatic carbocycles. The second-order valence-corrected chi connectivity index (χ2v) is 5.10. The molecule has 0 fully saturated rings. The Morgan fingerprint density at radius 2 is 2.20 bits per heavy atom. The molecule has 0 spiro atoms. The fourth-order valence-electron chi connectivity index (χ4n) is 1.66. The average molecular weight is 268 g/mol. The molecule has 0 aliphatic rings. The van der Waals surface area contributed by atoms with Gasteiger partial charge in [-0.25, -0.2) is 9.67 Å². The molecule has 0 aromatic carbocycles. The van der Waals surface area contributed by atoms with E-state index in [2.05, 4.69) is 45.9 Å². The minimum Gasteiger partial charge on any atom is -0.247 e. The van der Waals surface area contributed by atoms with Crippen LogP contribution in [-0.4, -0.2) is 14.8 Å². The van der Waals surface area contributed by atoms with E-state index in [1.54, 1.807) is 0 Å². The highest BCUT2D eigenvalue weighted by Gasteiger charge is 2.09. The molecule has 0 unspecified atom stereocenters. The number of aromatic nitrogens is 3. The third kappa shape index (κ3) is 2.04. The molecule has 80 valence electrons. The first-order chi connectivity index (χ1) is 7.08. The van der Waals surface area contributed by atoms with Crippen molar-refractivity contribution in [2.75, 3.05) is 0 Å². The molecule has 15 heavy (non-hydrogen) atoms. The van der Waals surface area contributed by atoms with Gasteiger partial charge in [0.15, 0.2) is 5.65 Å². The molecule has 0 bridgehead atoms. The molecule has 0 atom stereocenters. The lowest BCUT2D eigenvalue weighted by atomic mass is 10.2. The van der Waals surface area contributed by atoms with Gasteiger partial charge >= 0.3 is 0 Å². The summed E-state index contributed by atoms with van der Waals surface area (Å²) in [5.41, 5.74) is 2.02. The smallest absolute Gasteiger partial charge is 0.158 e. The standard InChI is InChI=1S/C11H14BrN3/c1-7(2)6-15-11-10(8(3)14-15)4-9(12)5-13-11/h4-5,7H,6H2,1-3H3. The van der Waals surface area contributed by atoms with Crippen LogP contribution < -0.4 is 0 Å². The second kappa shape index (κ2) is 3.93. The zero-order valence-electron chi connectivity index (χ0n) is 9.16. The van der Waals surface area contributed by atoms with E-state index < -0.39 is 0 Å². The molecule has 4 heteroatoms. The van der Waals surface area contributed by atoms with Gasteiger partial charge in [0.05, 0.1) is 5.69 Å². The predicted molar refractivity (Wildman–Crippen MR) is 64.8 cm³/mol. The molecule has 0 amide bonds. The van der Waals surface area contributed by atoms with E-state index in [0.717, 1.165) is 27.7 Å². The highest BCUT2D eigenvalue weighted by molar-refractivity contribution is 9.10. The van der Waals surface area contributed by atoms with Crippen molar-refractivity contribution in [1.82, 2.24) is 14.8 Å².